The van der Waals surface area contributed by atoms with Crippen LogP contribution in [0.4, 0.5) is 0 Å². The molecule has 110 valence electrons. The van der Waals surface area contributed by atoms with Gasteiger partial charge in [-0.1, -0.05) is 6.92 Å². The number of carbonyl (C=O) groups is 3. The van der Waals surface area contributed by atoms with Gasteiger partial charge in [-0.3, -0.25) is 14.4 Å². The van der Waals surface area contributed by atoms with Gasteiger partial charge in [0, 0.05) is 32.5 Å². The third-order valence-electron chi connectivity index (χ3n) is 3.59. The predicted molar refractivity (Wildman–Crippen MR) is 71.0 cm³/mol. The maximum Gasteiger partial charge on any atom is 0.308 e. The summed E-state index contributed by atoms with van der Waals surface area (Å²) in [6.07, 6.45) is 2.40. The van der Waals surface area contributed by atoms with Gasteiger partial charge in [0.15, 0.2) is 0 Å². The lowest BCUT2D eigenvalue weighted by atomic mass is 10.1. The molecule has 0 radical (unpaired) electrons. The van der Waals surface area contributed by atoms with E-state index in [-0.39, 0.29) is 30.8 Å². The minimum atomic E-state index is -0.915. The zero-order valence-electron chi connectivity index (χ0n) is 11.7. The first-order chi connectivity index (χ1) is 9.40. The molecule has 1 unspecified atom stereocenters. The number of carboxylic acids is 1. The summed E-state index contributed by atoms with van der Waals surface area (Å²) in [5.41, 5.74) is 0.344. The summed E-state index contributed by atoms with van der Waals surface area (Å²) in [7, 11) is 1.52. The van der Waals surface area contributed by atoms with E-state index in [2.05, 4.69) is 5.10 Å². The van der Waals surface area contributed by atoms with Gasteiger partial charge < -0.3 is 10.0 Å². The van der Waals surface area contributed by atoms with E-state index in [9.17, 15) is 14.4 Å². The van der Waals surface area contributed by atoms with Crippen molar-refractivity contribution in [3.8, 4) is 0 Å². The van der Waals surface area contributed by atoms with E-state index in [0.29, 0.717) is 12.1 Å². The minimum absolute atomic E-state index is 0.113. The summed E-state index contributed by atoms with van der Waals surface area (Å²) in [5, 5.41) is 14.2. The van der Waals surface area contributed by atoms with Gasteiger partial charge in [0.2, 0.25) is 5.91 Å². The minimum Gasteiger partial charge on any atom is -0.481 e. The van der Waals surface area contributed by atoms with Gasteiger partial charge in [0.25, 0.3) is 5.91 Å². The van der Waals surface area contributed by atoms with Crippen molar-refractivity contribution in [3.63, 3.8) is 0 Å². The number of hydrazone groups is 1. The summed E-state index contributed by atoms with van der Waals surface area (Å²) in [4.78, 5) is 36.4. The number of hydrogen-bond acceptors (Lipinski definition) is 4. The molecule has 7 nitrogen and oxygen atoms in total. The zero-order chi connectivity index (χ0) is 14.9. The molecule has 0 aromatic heterocycles. The highest BCUT2D eigenvalue weighted by molar-refractivity contribution is 6.39. The quantitative estimate of drug-likeness (QED) is 0.785. The topological polar surface area (TPSA) is 90.3 Å². The molecular weight excluding hydrogens is 262 g/mol. The number of aliphatic carboxylic acids is 1. The van der Waals surface area contributed by atoms with Crippen LogP contribution in [0.5, 0.6) is 0 Å². The van der Waals surface area contributed by atoms with E-state index in [1.165, 1.54) is 12.1 Å². The first-order valence-corrected chi connectivity index (χ1v) is 6.78. The van der Waals surface area contributed by atoms with Crippen molar-refractivity contribution in [1.82, 2.24) is 9.91 Å². The number of nitrogens with zero attached hydrogens (tertiary/aromatic N) is 3. The van der Waals surface area contributed by atoms with Gasteiger partial charge in [0.05, 0.1) is 5.92 Å². The molecule has 2 rings (SSSR count). The van der Waals surface area contributed by atoms with Gasteiger partial charge in [0.1, 0.15) is 5.71 Å². The number of hydrogen-bond donors (Lipinski definition) is 1. The second-order valence-corrected chi connectivity index (χ2v) is 5.39. The molecule has 1 fully saturated rings. The third-order valence-corrected chi connectivity index (χ3v) is 3.59. The molecule has 2 amide bonds. The fraction of sp³-hybridized carbons (Fsp3) is 0.692. The van der Waals surface area contributed by atoms with Crippen LogP contribution in [0.1, 0.15) is 32.6 Å². The Morgan fingerprint density at radius 2 is 2.10 bits per heavy atom. The molecule has 0 bridgehead atoms. The van der Waals surface area contributed by atoms with E-state index < -0.39 is 11.9 Å². The molecule has 1 aliphatic carbocycles. The predicted octanol–water partition coefficient (Wildman–Crippen LogP) is 0.306. The number of carbonyl (C=O) groups excluding carboxylic acids is 2. The van der Waals surface area contributed by atoms with Crippen LogP contribution in [0.2, 0.25) is 0 Å². The Hall–Kier alpha value is -1.92. The first kappa shape index (κ1) is 14.5. The summed E-state index contributed by atoms with van der Waals surface area (Å²) >= 11 is 0. The highest BCUT2D eigenvalue weighted by Crippen LogP contribution is 2.28. The van der Waals surface area contributed by atoms with Crippen LogP contribution in [-0.4, -0.2) is 58.1 Å². The van der Waals surface area contributed by atoms with E-state index in [1.54, 1.807) is 11.8 Å². The zero-order valence-corrected chi connectivity index (χ0v) is 11.7. The highest BCUT2D eigenvalue weighted by atomic mass is 16.4. The van der Waals surface area contributed by atoms with Crippen LogP contribution in [0.15, 0.2) is 5.10 Å². The third kappa shape index (κ3) is 3.15. The van der Waals surface area contributed by atoms with Crippen molar-refractivity contribution in [2.75, 3.05) is 13.6 Å². The Balaban J connectivity index is 2.09. The second kappa shape index (κ2) is 5.60. The lowest BCUT2D eigenvalue weighted by Crippen LogP contribution is -2.44. The monoisotopic (exact) mass is 281 g/mol. The standard InChI is InChI=1S/C13H19N3O4/c1-8(13(19)20)7-16(9-3-4-9)12(18)10-5-6-11(17)15(2)14-10/h8-9H,3-7H2,1-2H3,(H,19,20). The molecule has 1 saturated carbocycles. The average molecular weight is 281 g/mol. The second-order valence-electron chi connectivity index (χ2n) is 5.39. The molecule has 2 aliphatic rings. The van der Waals surface area contributed by atoms with Gasteiger partial charge in [-0.05, 0) is 12.8 Å². The van der Waals surface area contributed by atoms with E-state index in [4.69, 9.17) is 5.11 Å². The van der Waals surface area contributed by atoms with Crippen molar-refractivity contribution >= 4 is 23.5 Å². The van der Waals surface area contributed by atoms with Crippen LogP contribution in [0.25, 0.3) is 0 Å². The summed E-state index contributed by atoms with van der Waals surface area (Å²) in [6.45, 7) is 1.78. The van der Waals surface area contributed by atoms with Crippen molar-refractivity contribution in [1.29, 1.82) is 0 Å². The van der Waals surface area contributed by atoms with Gasteiger partial charge >= 0.3 is 5.97 Å². The Labute approximate surface area is 117 Å². The normalized spacial score (nSPS) is 20.4. The lowest BCUT2D eigenvalue weighted by molar-refractivity contribution is -0.142. The molecular formula is C13H19N3O4. The molecule has 0 spiro atoms. The van der Waals surface area contributed by atoms with E-state index in [0.717, 1.165) is 12.8 Å². The smallest absolute Gasteiger partial charge is 0.308 e. The van der Waals surface area contributed by atoms with Crippen molar-refractivity contribution in [2.24, 2.45) is 11.0 Å². The fourth-order valence-electron chi connectivity index (χ4n) is 2.15. The molecule has 0 aromatic rings. The Bertz CT molecular complexity index is 470. The largest absolute Gasteiger partial charge is 0.481 e. The molecule has 0 saturated heterocycles. The molecule has 1 heterocycles. The SMILES string of the molecule is CC(CN(C(=O)C1=NN(C)C(=O)CC1)C1CC1)C(=O)O. The number of amides is 2. The van der Waals surface area contributed by atoms with Crippen molar-refractivity contribution in [2.45, 2.75) is 38.6 Å². The van der Waals surface area contributed by atoms with E-state index >= 15 is 0 Å². The summed E-state index contributed by atoms with van der Waals surface area (Å²) in [6, 6.07) is 0.120. The number of carboxylic acid groups (broad SMARTS) is 1. The van der Waals surface area contributed by atoms with Gasteiger partial charge in [-0.15, -0.1) is 0 Å². The molecule has 0 aromatic carbocycles. The molecule has 1 N–H and O–H groups in total. The van der Waals surface area contributed by atoms with Crippen LogP contribution < -0.4 is 0 Å². The Morgan fingerprint density at radius 1 is 1.45 bits per heavy atom. The van der Waals surface area contributed by atoms with Crippen LogP contribution in [0, 0.1) is 5.92 Å². The van der Waals surface area contributed by atoms with Crippen LogP contribution in [-0.2, 0) is 14.4 Å². The van der Waals surface area contributed by atoms with Crippen LogP contribution in [0.3, 0.4) is 0 Å². The fourth-order valence-corrected chi connectivity index (χ4v) is 2.15. The molecule has 20 heavy (non-hydrogen) atoms. The maximum absolute atomic E-state index is 12.5. The Morgan fingerprint density at radius 3 is 2.60 bits per heavy atom. The average Bonchev–Trinajstić information content (AvgIpc) is 3.22. The maximum atomic E-state index is 12.5. The van der Waals surface area contributed by atoms with Gasteiger partial charge in [-0.25, -0.2) is 5.01 Å². The molecule has 1 atom stereocenters. The lowest BCUT2D eigenvalue weighted by Gasteiger charge is -2.27. The first-order valence-electron chi connectivity index (χ1n) is 6.78. The van der Waals surface area contributed by atoms with Gasteiger partial charge in [-0.2, -0.15) is 5.10 Å². The Kier molecular flexibility index (Phi) is 4.06. The highest BCUT2D eigenvalue weighted by Gasteiger charge is 2.37. The number of rotatable bonds is 5. The van der Waals surface area contributed by atoms with Crippen LogP contribution >= 0.6 is 0 Å². The summed E-state index contributed by atoms with van der Waals surface area (Å²) < 4.78 is 0. The van der Waals surface area contributed by atoms with Crippen molar-refractivity contribution in [3.05, 3.63) is 0 Å². The van der Waals surface area contributed by atoms with E-state index in [1.807, 2.05) is 0 Å². The van der Waals surface area contributed by atoms with Crippen molar-refractivity contribution < 1.29 is 19.5 Å². The molecule has 1 aliphatic heterocycles. The molecule has 7 heteroatoms. The summed E-state index contributed by atoms with van der Waals surface area (Å²) in [5.74, 6) is -1.87.